The molecule has 1 aliphatic rings. The summed E-state index contributed by atoms with van der Waals surface area (Å²) in [7, 11) is 0. The molecular formula is C10H11F3N6O4. The van der Waals surface area contributed by atoms with Gasteiger partial charge in [0.05, 0.1) is 6.54 Å². The van der Waals surface area contributed by atoms with E-state index in [-0.39, 0.29) is 17.3 Å². The van der Waals surface area contributed by atoms with Gasteiger partial charge in [-0.05, 0) is 11.8 Å². The molecule has 0 aromatic carbocycles. The van der Waals surface area contributed by atoms with Crippen molar-refractivity contribution in [2.75, 3.05) is 0 Å². The Kier molecular flexibility index (Phi) is 4.07. The van der Waals surface area contributed by atoms with Crippen LogP contribution < -0.4 is 0 Å². The van der Waals surface area contributed by atoms with E-state index < -0.39 is 41.5 Å². The molecule has 0 spiro atoms. The number of amides is 1. The average molecular weight is 336 g/mol. The number of nitrogens with zero attached hydrogens (tertiary/aromatic N) is 6. The first-order chi connectivity index (χ1) is 10.5. The Morgan fingerprint density at radius 2 is 2.22 bits per heavy atom. The highest BCUT2D eigenvalue weighted by Gasteiger charge is 2.62. The third kappa shape index (κ3) is 3.13. The van der Waals surface area contributed by atoms with Crippen molar-refractivity contribution >= 4 is 17.6 Å². The van der Waals surface area contributed by atoms with Crippen LogP contribution in [0.1, 0.15) is 19.8 Å². The van der Waals surface area contributed by atoms with Crippen LogP contribution in [0.2, 0.25) is 0 Å². The number of carbonyl (C=O) groups is 1. The van der Waals surface area contributed by atoms with E-state index in [1.54, 1.807) is 0 Å². The zero-order chi connectivity index (χ0) is 17.4. The van der Waals surface area contributed by atoms with E-state index in [1.165, 1.54) is 6.92 Å². The molecule has 0 unspecified atom stereocenters. The number of carbonyl (C=O) groups excluding carboxylic acids is 1. The smallest absolute Gasteiger partial charge is 0.390 e. The Morgan fingerprint density at radius 3 is 2.74 bits per heavy atom. The van der Waals surface area contributed by atoms with Crippen LogP contribution in [0.4, 0.5) is 19.1 Å². The van der Waals surface area contributed by atoms with Crippen molar-refractivity contribution in [1.29, 1.82) is 0 Å². The lowest BCUT2D eigenvalue weighted by Gasteiger charge is -2.32. The van der Waals surface area contributed by atoms with E-state index in [2.05, 4.69) is 15.2 Å². The summed E-state index contributed by atoms with van der Waals surface area (Å²) in [5, 5.41) is 27.0. The van der Waals surface area contributed by atoms with Crippen LogP contribution in [0.3, 0.4) is 0 Å². The van der Waals surface area contributed by atoms with Crippen LogP contribution in [0.25, 0.3) is 0 Å². The molecule has 23 heavy (non-hydrogen) atoms. The molecule has 0 fully saturated rings. The Balaban J connectivity index is 2.08. The van der Waals surface area contributed by atoms with Gasteiger partial charge in [-0.1, -0.05) is 4.98 Å². The number of alkyl halides is 3. The quantitative estimate of drug-likeness (QED) is 0.628. The highest BCUT2D eigenvalue weighted by Crippen LogP contribution is 2.40. The summed E-state index contributed by atoms with van der Waals surface area (Å²) >= 11 is 0. The van der Waals surface area contributed by atoms with Gasteiger partial charge in [0.2, 0.25) is 12.2 Å². The number of aromatic nitrogens is 3. The van der Waals surface area contributed by atoms with Gasteiger partial charge < -0.3 is 15.2 Å². The van der Waals surface area contributed by atoms with Crippen LogP contribution in [-0.2, 0) is 11.3 Å². The van der Waals surface area contributed by atoms with Crippen molar-refractivity contribution < 1.29 is 28.0 Å². The minimum absolute atomic E-state index is 0.00628. The molecule has 1 N–H and O–H groups in total. The number of hydrazone groups is 1. The van der Waals surface area contributed by atoms with Crippen LogP contribution >= 0.6 is 0 Å². The van der Waals surface area contributed by atoms with Gasteiger partial charge in [-0.15, -0.1) is 0 Å². The van der Waals surface area contributed by atoms with Crippen molar-refractivity contribution in [2.24, 2.45) is 5.10 Å². The monoisotopic (exact) mass is 336 g/mol. The zero-order valence-electron chi connectivity index (χ0n) is 11.7. The summed E-state index contributed by atoms with van der Waals surface area (Å²) in [4.78, 5) is 24.8. The molecule has 0 aliphatic carbocycles. The van der Waals surface area contributed by atoms with E-state index in [9.17, 15) is 33.2 Å². The lowest BCUT2D eigenvalue weighted by Crippen LogP contribution is -2.56. The zero-order valence-corrected chi connectivity index (χ0v) is 11.7. The largest absolute Gasteiger partial charge is 0.490 e. The fourth-order valence-corrected chi connectivity index (χ4v) is 2.00. The van der Waals surface area contributed by atoms with Crippen molar-refractivity contribution in [3.8, 4) is 0 Å². The molecule has 1 aromatic rings. The molecule has 1 aliphatic heterocycles. The number of halogens is 3. The molecule has 1 aromatic heterocycles. The van der Waals surface area contributed by atoms with Crippen molar-refractivity contribution in [3.05, 3.63) is 16.4 Å². The van der Waals surface area contributed by atoms with Gasteiger partial charge in [0.1, 0.15) is 0 Å². The summed E-state index contributed by atoms with van der Waals surface area (Å²) in [5.74, 6) is -1.79. The van der Waals surface area contributed by atoms with Gasteiger partial charge in [-0.3, -0.25) is 4.79 Å². The minimum Gasteiger partial charge on any atom is -0.390 e. The second-order valence-electron chi connectivity index (χ2n) is 4.85. The van der Waals surface area contributed by atoms with Gasteiger partial charge >= 0.3 is 12.1 Å². The number of nitro groups is 1. The third-order valence-corrected chi connectivity index (χ3v) is 3.06. The predicted octanol–water partition coefficient (Wildman–Crippen LogP) is 0.436. The van der Waals surface area contributed by atoms with E-state index in [1.807, 2.05) is 0 Å². The van der Waals surface area contributed by atoms with E-state index in [4.69, 9.17) is 0 Å². The summed E-state index contributed by atoms with van der Waals surface area (Å²) < 4.78 is 39.8. The standard InChI is InChI=1S/C10H11F3N6O4/c1-6-4-9(21,10(11,12)13)18(15-6)7(20)2-3-17-5-14-8(16-17)19(22)23/h5,21H,2-4H2,1H3/t9-/m0/s1. The second kappa shape index (κ2) is 5.57. The predicted molar refractivity (Wildman–Crippen MR) is 66.9 cm³/mol. The molecule has 10 nitrogen and oxygen atoms in total. The Hall–Kier alpha value is -2.57. The van der Waals surface area contributed by atoms with Gasteiger partial charge in [-0.25, -0.2) is 0 Å². The maximum Gasteiger partial charge on any atom is 0.490 e. The number of aryl methyl sites for hydroxylation is 1. The van der Waals surface area contributed by atoms with Gasteiger partial charge in [0, 0.05) is 23.7 Å². The van der Waals surface area contributed by atoms with Crippen molar-refractivity contribution in [1.82, 2.24) is 19.8 Å². The normalized spacial score (nSPS) is 21.4. The fraction of sp³-hybridized carbons (Fsp3) is 0.600. The molecule has 1 atom stereocenters. The maximum atomic E-state index is 13.0. The number of rotatable bonds is 4. The summed E-state index contributed by atoms with van der Waals surface area (Å²) in [5.41, 5.74) is -3.43. The van der Waals surface area contributed by atoms with Crippen molar-refractivity contribution in [3.63, 3.8) is 0 Å². The lowest BCUT2D eigenvalue weighted by molar-refractivity contribution is -0.394. The Morgan fingerprint density at radius 1 is 1.57 bits per heavy atom. The van der Waals surface area contributed by atoms with Crippen LogP contribution in [0, 0.1) is 10.1 Å². The first-order valence-corrected chi connectivity index (χ1v) is 6.24. The summed E-state index contributed by atoms with van der Waals surface area (Å²) in [6, 6.07) is 0. The average Bonchev–Trinajstić information content (AvgIpc) is 3.00. The van der Waals surface area contributed by atoms with Crippen LogP contribution in [0.15, 0.2) is 11.4 Å². The molecule has 2 heterocycles. The lowest BCUT2D eigenvalue weighted by atomic mass is 10.1. The Bertz CT molecular complexity index is 672. The summed E-state index contributed by atoms with van der Waals surface area (Å²) in [6.45, 7) is 1.00. The molecule has 2 rings (SSSR count). The molecule has 0 saturated heterocycles. The SMILES string of the molecule is CC1=NN(C(=O)CCn2cnc([N+](=O)[O-])n2)[C@@](O)(C(F)(F)F)C1. The van der Waals surface area contributed by atoms with Gasteiger partial charge in [0.25, 0.3) is 5.72 Å². The van der Waals surface area contributed by atoms with E-state index in [0.29, 0.717) is 0 Å². The number of aliphatic hydroxyl groups is 1. The highest BCUT2D eigenvalue weighted by molar-refractivity contribution is 5.89. The van der Waals surface area contributed by atoms with Crippen LogP contribution in [-0.4, -0.2) is 53.3 Å². The molecule has 13 heteroatoms. The topological polar surface area (TPSA) is 127 Å². The maximum absolute atomic E-state index is 13.0. The van der Waals surface area contributed by atoms with Crippen molar-refractivity contribution in [2.45, 2.75) is 38.2 Å². The molecule has 0 saturated carbocycles. The van der Waals surface area contributed by atoms with Crippen LogP contribution in [0.5, 0.6) is 0 Å². The molecule has 0 bridgehead atoms. The van der Waals surface area contributed by atoms with E-state index >= 15 is 0 Å². The second-order valence-corrected chi connectivity index (χ2v) is 4.85. The fourth-order valence-electron chi connectivity index (χ4n) is 2.00. The number of hydrogen-bond acceptors (Lipinski definition) is 7. The Labute approximate surface area is 126 Å². The molecule has 1 amide bonds. The highest BCUT2D eigenvalue weighted by atomic mass is 19.4. The first-order valence-electron chi connectivity index (χ1n) is 6.24. The van der Waals surface area contributed by atoms with Gasteiger partial charge in [0.15, 0.2) is 0 Å². The molecular weight excluding hydrogens is 325 g/mol. The number of hydrogen-bond donors (Lipinski definition) is 1. The minimum atomic E-state index is -5.07. The molecule has 0 radical (unpaired) electrons. The van der Waals surface area contributed by atoms with Gasteiger partial charge in [-0.2, -0.15) is 28.0 Å². The summed E-state index contributed by atoms with van der Waals surface area (Å²) in [6.07, 6.45) is -5.44. The third-order valence-electron chi connectivity index (χ3n) is 3.06. The van der Waals surface area contributed by atoms with E-state index in [0.717, 1.165) is 11.0 Å². The molecule has 126 valence electrons. The first kappa shape index (κ1) is 16.8.